The van der Waals surface area contributed by atoms with Gasteiger partial charge in [-0.15, -0.1) is 0 Å². The molecular formula is C24H20ClFN6. The van der Waals surface area contributed by atoms with E-state index in [0.717, 1.165) is 46.6 Å². The van der Waals surface area contributed by atoms with Crippen molar-refractivity contribution in [1.29, 1.82) is 5.26 Å². The fourth-order valence-electron chi connectivity index (χ4n) is 4.36. The molecule has 2 N–H and O–H groups in total. The monoisotopic (exact) mass is 446 g/mol. The Labute approximate surface area is 189 Å². The summed E-state index contributed by atoms with van der Waals surface area (Å²) in [5.41, 5.74) is 11.1. The molecule has 0 spiro atoms. The van der Waals surface area contributed by atoms with Crippen LogP contribution in [0.5, 0.6) is 0 Å². The number of hydrogen-bond acceptors (Lipinski definition) is 5. The normalized spacial score (nSPS) is 16.0. The molecule has 0 radical (unpaired) electrons. The standard InChI is InChI=1S/C24H20ClFN6/c1-31-21-4-2-3-19(25)22(21)30-24(31)18-12-29-11-17(23(18)32-8-7-16(28)13-32)14-5-6-20(26)15(9-14)10-27/h2-6,9,11-12,16H,7-8,13,28H2,1H3/t16-/m0/s1. The van der Waals surface area contributed by atoms with E-state index in [1.807, 2.05) is 35.9 Å². The van der Waals surface area contributed by atoms with Crippen molar-refractivity contribution in [2.24, 2.45) is 12.8 Å². The third-order valence-electron chi connectivity index (χ3n) is 5.96. The number of hydrogen-bond donors (Lipinski definition) is 1. The molecule has 0 amide bonds. The Morgan fingerprint density at radius 2 is 2.03 bits per heavy atom. The van der Waals surface area contributed by atoms with Crippen LogP contribution in [-0.2, 0) is 7.05 Å². The SMILES string of the molecule is Cn1c(-c2cncc(-c3ccc(F)c(C#N)c3)c2N2CC[C@H](N)C2)nc2c(Cl)cccc21. The van der Waals surface area contributed by atoms with Gasteiger partial charge >= 0.3 is 0 Å². The molecule has 8 heteroatoms. The molecule has 32 heavy (non-hydrogen) atoms. The van der Waals surface area contributed by atoms with E-state index in [2.05, 4.69) is 9.88 Å². The van der Waals surface area contributed by atoms with Crippen molar-refractivity contribution in [2.75, 3.05) is 18.0 Å². The number of nitrogens with two attached hydrogens (primary N) is 1. The van der Waals surface area contributed by atoms with E-state index >= 15 is 0 Å². The largest absolute Gasteiger partial charge is 0.369 e. The first kappa shape index (κ1) is 20.4. The lowest BCUT2D eigenvalue weighted by molar-refractivity contribution is 0.624. The van der Waals surface area contributed by atoms with Crippen LogP contribution in [0.3, 0.4) is 0 Å². The van der Waals surface area contributed by atoms with Crippen LogP contribution in [0.15, 0.2) is 48.8 Å². The first-order chi connectivity index (χ1) is 15.5. The molecule has 1 aliphatic rings. The number of imidazole rings is 1. The highest BCUT2D eigenvalue weighted by atomic mass is 35.5. The zero-order chi connectivity index (χ0) is 22.4. The van der Waals surface area contributed by atoms with Gasteiger partial charge in [-0.3, -0.25) is 4.98 Å². The van der Waals surface area contributed by atoms with Crippen LogP contribution in [0.25, 0.3) is 33.5 Å². The average molecular weight is 447 g/mol. The van der Waals surface area contributed by atoms with Crippen LogP contribution < -0.4 is 10.6 Å². The maximum atomic E-state index is 14.0. The van der Waals surface area contributed by atoms with E-state index in [-0.39, 0.29) is 11.6 Å². The Kier molecular flexibility index (Phi) is 5.04. The highest BCUT2D eigenvalue weighted by molar-refractivity contribution is 6.35. The second-order valence-corrected chi connectivity index (χ2v) is 8.39. The third kappa shape index (κ3) is 3.29. The second-order valence-electron chi connectivity index (χ2n) is 7.99. The van der Waals surface area contributed by atoms with E-state index in [1.54, 1.807) is 24.5 Å². The third-order valence-corrected chi connectivity index (χ3v) is 6.26. The molecule has 0 saturated carbocycles. The molecule has 0 bridgehead atoms. The van der Waals surface area contributed by atoms with Crippen molar-refractivity contribution in [3.8, 4) is 28.6 Å². The summed E-state index contributed by atoms with van der Waals surface area (Å²) in [6, 6.07) is 12.2. The summed E-state index contributed by atoms with van der Waals surface area (Å²) in [5, 5.41) is 9.90. The van der Waals surface area contributed by atoms with E-state index in [4.69, 9.17) is 22.3 Å². The lowest BCUT2D eigenvalue weighted by atomic mass is 9.99. The molecule has 1 fully saturated rings. The van der Waals surface area contributed by atoms with Crippen molar-refractivity contribution in [3.05, 3.63) is 65.2 Å². The van der Waals surface area contributed by atoms with Crippen LogP contribution in [0.1, 0.15) is 12.0 Å². The molecule has 2 aromatic carbocycles. The number of nitrogens with zero attached hydrogens (tertiary/aromatic N) is 5. The quantitative estimate of drug-likeness (QED) is 0.500. The van der Waals surface area contributed by atoms with E-state index in [1.165, 1.54) is 6.07 Å². The second kappa shape index (κ2) is 7.90. The summed E-state index contributed by atoms with van der Waals surface area (Å²) in [4.78, 5) is 11.5. The molecule has 0 unspecified atom stereocenters. The van der Waals surface area contributed by atoms with Gasteiger partial charge in [0.2, 0.25) is 0 Å². The van der Waals surface area contributed by atoms with Gasteiger partial charge in [-0.25, -0.2) is 9.37 Å². The van der Waals surface area contributed by atoms with Gasteiger partial charge in [0.1, 0.15) is 23.2 Å². The molecule has 2 aromatic heterocycles. The van der Waals surface area contributed by atoms with Gasteiger partial charge in [-0.2, -0.15) is 5.26 Å². The molecule has 5 rings (SSSR count). The van der Waals surface area contributed by atoms with Crippen molar-refractivity contribution in [2.45, 2.75) is 12.5 Å². The number of anilines is 1. The van der Waals surface area contributed by atoms with Crippen molar-refractivity contribution < 1.29 is 4.39 Å². The predicted octanol–water partition coefficient (Wildman–Crippen LogP) is 4.50. The molecule has 3 heterocycles. The lowest BCUT2D eigenvalue weighted by Crippen LogP contribution is -2.27. The Morgan fingerprint density at radius 3 is 2.75 bits per heavy atom. The van der Waals surface area contributed by atoms with Gasteiger partial charge < -0.3 is 15.2 Å². The molecule has 6 nitrogen and oxygen atoms in total. The molecule has 1 saturated heterocycles. The fraction of sp³-hybridized carbons (Fsp3) is 0.208. The summed E-state index contributed by atoms with van der Waals surface area (Å²) in [5.74, 6) is 0.177. The van der Waals surface area contributed by atoms with Crippen LogP contribution in [0, 0.1) is 17.1 Å². The number of nitriles is 1. The highest BCUT2D eigenvalue weighted by Gasteiger charge is 2.27. The van der Waals surface area contributed by atoms with Crippen molar-refractivity contribution in [1.82, 2.24) is 14.5 Å². The summed E-state index contributed by atoms with van der Waals surface area (Å²) in [6.45, 7) is 1.46. The Morgan fingerprint density at radius 1 is 1.22 bits per heavy atom. The number of pyridine rings is 1. The average Bonchev–Trinajstić information content (AvgIpc) is 3.38. The van der Waals surface area contributed by atoms with Crippen LogP contribution in [-0.4, -0.2) is 33.7 Å². The van der Waals surface area contributed by atoms with E-state index in [0.29, 0.717) is 17.1 Å². The number of rotatable bonds is 3. The molecule has 1 atom stereocenters. The number of para-hydroxylation sites is 1. The molecular weight excluding hydrogens is 427 g/mol. The number of fused-ring (bicyclic) bond motifs is 1. The molecule has 4 aromatic rings. The summed E-state index contributed by atoms with van der Waals surface area (Å²) in [7, 11) is 1.94. The highest BCUT2D eigenvalue weighted by Crippen LogP contribution is 2.41. The number of aromatic nitrogens is 3. The first-order valence-electron chi connectivity index (χ1n) is 10.3. The topological polar surface area (TPSA) is 83.8 Å². The number of aryl methyl sites for hydroxylation is 1. The van der Waals surface area contributed by atoms with Crippen LogP contribution in [0.4, 0.5) is 10.1 Å². The maximum Gasteiger partial charge on any atom is 0.144 e. The minimum atomic E-state index is -0.546. The lowest BCUT2D eigenvalue weighted by Gasteiger charge is -2.25. The fourth-order valence-corrected chi connectivity index (χ4v) is 4.57. The van der Waals surface area contributed by atoms with Crippen molar-refractivity contribution >= 4 is 28.3 Å². The minimum absolute atomic E-state index is 0.00788. The van der Waals surface area contributed by atoms with E-state index < -0.39 is 5.82 Å². The van der Waals surface area contributed by atoms with Gasteiger partial charge in [0.15, 0.2) is 0 Å². The Hall–Kier alpha value is -3.47. The first-order valence-corrected chi connectivity index (χ1v) is 10.7. The zero-order valence-corrected chi connectivity index (χ0v) is 18.1. The van der Waals surface area contributed by atoms with Gasteiger partial charge in [-0.05, 0) is 36.2 Å². The summed E-state index contributed by atoms with van der Waals surface area (Å²) in [6.07, 6.45) is 4.39. The molecule has 1 aliphatic heterocycles. The number of benzene rings is 2. The predicted molar refractivity (Wildman–Crippen MR) is 124 cm³/mol. The number of halogens is 2. The summed E-state index contributed by atoms with van der Waals surface area (Å²) < 4.78 is 16.0. The van der Waals surface area contributed by atoms with E-state index in [9.17, 15) is 9.65 Å². The smallest absolute Gasteiger partial charge is 0.144 e. The Bertz CT molecular complexity index is 1390. The molecule has 0 aliphatic carbocycles. The Balaban J connectivity index is 1.78. The van der Waals surface area contributed by atoms with Gasteiger partial charge in [-0.1, -0.05) is 23.7 Å². The zero-order valence-electron chi connectivity index (χ0n) is 17.4. The maximum absolute atomic E-state index is 14.0. The van der Waals surface area contributed by atoms with Gasteiger partial charge in [0.05, 0.1) is 27.4 Å². The van der Waals surface area contributed by atoms with Crippen LogP contribution in [0.2, 0.25) is 5.02 Å². The molecule has 160 valence electrons. The van der Waals surface area contributed by atoms with Gasteiger partial charge in [0.25, 0.3) is 0 Å². The van der Waals surface area contributed by atoms with Gasteiger partial charge in [0, 0.05) is 44.1 Å². The van der Waals surface area contributed by atoms with Crippen LogP contribution >= 0.6 is 11.6 Å². The summed E-state index contributed by atoms with van der Waals surface area (Å²) >= 11 is 6.41. The van der Waals surface area contributed by atoms with Crippen molar-refractivity contribution in [3.63, 3.8) is 0 Å². The minimum Gasteiger partial charge on any atom is -0.369 e.